The third-order valence-corrected chi connectivity index (χ3v) is 6.74. The lowest BCUT2D eigenvalue weighted by Gasteiger charge is -2.31. The zero-order chi connectivity index (χ0) is 20.7. The molecule has 1 saturated carbocycles. The Labute approximate surface area is 177 Å². The van der Waals surface area contributed by atoms with Crippen LogP contribution in [0.4, 0.5) is 4.39 Å². The van der Waals surface area contributed by atoms with E-state index in [4.69, 9.17) is 5.73 Å². The van der Waals surface area contributed by atoms with Gasteiger partial charge in [-0.15, -0.1) is 0 Å². The Morgan fingerprint density at radius 3 is 2.76 bits per heavy atom. The molecule has 1 fully saturated rings. The molecule has 2 aromatic heterocycles. The van der Waals surface area contributed by atoms with Crippen LogP contribution in [0.5, 0.6) is 0 Å². The second-order valence-electron chi connectivity index (χ2n) is 8.01. The SMILES string of the molecule is CCn1ncc([C@@H](c2nc3c(F)c(Br)ccc3[nH]2)C2CCC(C)CC2)c1C(N)=O. The third kappa shape index (κ3) is 3.58. The molecule has 4 rings (SSSR count). The van der Waals surface area contributed by atoms with Crippen LogP contribution in [0, 0.1) is 17.7 Å². The van der Waals surface area contributed by atoms with Crippen LogP contribution in [0.15, 0.2) is 22.8 Å². The Kier molecular flexibility index (Phi) is 5.46. The van der Waals surface area contributed by atoms with Gasteiger partial charge in [0.2, 0.25) is 0 Å². The molecule has 0 saturated heterocycles. The fourth-order valence-corrected chi connectivity index (χ4v) is 4.88. The Hall–Kier alpha value is -2.22. The van der Waals surface area contributed by atoms with Crippen LogP contribution in [0.25, 0.3) is 11.0 Å². The van der Waals surface area contributed by atoms with E-state index < -0.39 is 5.91 Å². The van der Waals surface area contributed by atoms with Gasteiger partial charge in [0.15, 0.2) is 5.82 Å². The van der Waals surface area contributed by atoms with E-state index in [1.165, 1.54) is 0 Å². The molecule has 0 unspecified atom stereocenters. The van der Waals surface area contributed by atoms with Crippen molar-refractivity contribution in [2.75, 3.05) is 0 Å². The highest BCUT2D eigenvalue weighted by Crippen LogP contribution is 2.42. The molecule has 1 aromatic carbocycles. The van der Waals surface area contributed by atoms with E-state index in [0.717, 1.165) is 31.2 Å². The quantitative estimate of drug-likeness (QED) is 0.574. The minimum atomic E-state index is -0.501. The number of rotatable bonds is 5. The first kappa shape index (κ1) is 20.1. The van der Waals surface area contributed by atoms with Gasteiger partial charge in [-0.1, -0.05) is 19.8 Å². The number of nitrogens with zero attached hydrogens (tertiary/aromatic N) is 3. The molecule has 0 bridgehead atoms. The van der Waals surface area contributed by atoms with Crippen molar-refractivity contribution in [3.8, 4) is 0 Å². The maximum Gasteiger partial charge on any atom is 0.267 e. The number of primary amides is 1. The number of benzene rings is 1. The number of nitrogens with two attached hydrogens (primary N) is 1. The fourth-order valence-electron chi connectivity index (χ4n) is 4.56. The normalized spacial score (nSPS) is 20.8. The van der Waals surface area contributed by atoms with Crippen LogP contribution in [0.2, 0.25) is 0 Å². The summed E-state index contributed by atoms with van der Waals surface area (Å²) in [5, 5.41) is 4.39. The number of amides is 1. The molecule has 3 N–H and O–H groups in total. The Morgan fingerprint density at radius 2 is 2.10 bits per heavy atom. The highest BCUT2D eigenvalue weighted by atomic mass is 79.9. The van der Waals surface area contributed by atoms with Crippen molar-refractivity contribution < 1.29 is 9.18 Å². The van der Waals surface area contributed by atoms with Crippen molar-refractivity contribution >= 4 is 32.9 Å². The molecular formula is C21H25BrFN5O. The van der Waals surface area contributed by atoms with E-state index in [9.17, 15) is 9.18 Å². The molecule has 6 nitrogen and oxygen atoms in total. The van der Waals surface area contributed by atoms with Crippen molar-refractivity contribution in [1.82, 2.24) is 19.7 Å². The molecule has 0 radical (unpaired) electrons. The summed E-state index contributed by atoms with van der Waals surface area (Å²) in [5.41, 5.74) is 7.85. The van der Waals surface area contributed by atoms with Crippen LogP contribution in [-0.2, 0) is 6.54 Å². The molecule has 154 valence electrons. The molecule has 8 heteroatoms. The lowest BCUT2D eigenvalue weighted by atomic mass is 9.73. The number of aromatic amines is 1. The van der Waals surface area contributed by atoms with Crippen molar-refractivity contribution in [3.05, 3.63) is 45.7 Å². The van der Waals surface area contributed by atoms with Gasteiger partial charge >= 0.3 is 0 Å². The maximum absolute atomic E-state index is 14.6. The number of H-pyrrole nitrogens is 1. The minimum Gasteiger partial charge on any atom is -0.364 e. The summed E-state index contributed by atoms with van der Waals surface area (Å²) in [6.45, 7) is 4.74. The number of hydrogen-bond donors (Lipinski definition) is 2. The number of carbonyl (C=O) groups excluding carboxylic acids is 1. The van der Waals surface area contributed by atoms with Gasteiger partial charge in [0.05, 0.1) is 16.2 Å². The topological polar surface area (TPSA) is 89.6 Å². The van der Waals surface area contributed by atoms with Crippen molar-refractivity contribution in [2.45, 2.75) is 52.0 Å². The van der Waals surface area contributed by atoms with E-state index in [-0.39, 0.29) is 17.7 Å². The largest absolute Gasteiger partial charge is 0.364 e. The number of fused-ring (bicyclic) bond motifs is 1. The first-order valence-electron chi connectivity index (χ1n) is 10.1. The molecule has 2 heterocycles. The van der Waals surface area contributed by atoms with Crippen LogP contribution < -0.4 is 5.73 Å². The minimum absolute atomic E-state index is 0.184. The van der Waals surface area contributed by atoms with E-state index >= 15 is 0 Å². The summed E-state index contributed by atoms with van der Waals surface area (Å²) in [6, 6.07) is 3.48. The van der Waals surface area contributed by atoms with E-state index in [0.29, 0.717) is 39.5 Å². The van der Waals surface area contributed by atoms with Crippen molar-refractivity contribution in [2.24, 2.45) is 17.6 Å². The number of hydrogen-bond acceptors (Lipinski definition) is 3. The van der Waals surface area contributed by atoms with Gasteiger partial charge in [0.25, 0.3) is 5.91 Å². The summed E-state index contributed by atoms with van der Waals surface area (Å²) >= 11 is 3.23. The Morgan fingerprint density at radius 1 is 1.38 bits per heavy atom. The number of aromatic nitrogens is 4. The highest BCUT2D eigenvalue weighted by Gasteiger charge is 2.35. The lowest BCUT2D eigenvalue weighted by Crippen LogP contribution is -2.25. The van der Waals surface area contributed by atoms with Crippen molar-refractivity contribution in [3.63, 3.8) is 0 Å². The average Bonchev–Trinajstić information content (AvgIpc) is 3.31. The van der Waals surface area contributed by atoms with E-state index in [1.807, 2.05) is 13.0 Å². The molecule has 29 heavy (non-hydrogen) atoms. The number of aryl methyl sites for hydroxylation is 1. The van der Waals surface area contributed by atoms with Gasteiger partial charge in [0.1, 0.15) is 17.0 Å². The standard InChI is InChI=1S/C21H25BrFN5O/c1-3-28-19(20(24)29)13(10-25-28)16(12-6-4-11(2)5-7-12)21-26-15-9-8-14(22)17(23)18(15)27-21/h8-12,16H,3-7H2,1-2H3,(H2,24,29)(H,26,27)/t11?,12?,16-/m0/s1. The summed E-state index contributed by atoms with van der Waals surface area (Å²) in [5.74, 6) is 0.556. The third-order valence-electron chi connectivity index (χ3n) is 6.13. The summed E-state index contributed by atoms with van der Waals surface area (Å²) in [7, 11) is 0. The molecule has 1 amide bonds. The maximum atomic E-state index is 14.6. The highest BCUT2D eigenvalue weighted by molar-refractivity contribution is 9.10. The van der Waals surface area contributed by atoms with Gasteiger partial charge in [-0.25, -0.2) is 9.37 Å². The number of halogens is 2. The van der Waals surface area contributed by atoms with Gasteiger partial charge in [-0.2, -0.15) is 5.10 Å². The number of carbonyl (C=O) groups is 1. The predicted molar refractivity (Wildman–Crippen MR) is 113 cm³/mol. The summed E-state index contributed by atoms with van der Waals surface area (Å²) in [4.78, 5) is 20.2. The zero-order valence-corrected chi connectivity index (χ0v) is 18.2. The first-order chi connectivity index (χ1) is 13.9. The van der Waals surface area contributed by atoms with Crippen LogP contribution in [-0.4, -0.2) is 25.7 Å². The number of imidazole rings is 1. The van der Waals surface area contributed by atoms with E-state index in [1.54, 1.807) is 16.9 Å². The van der Waals surface area contributed by atoms with Crippen molar-refractivity contribution in [1.29, 1.82) is 0 Å². The second-order valence-corrected chi connectivity index (χ2v) is 8.86. The zero-order valence-electron chi connectivity index (χ0n) is 16.6. The van der Waals surface area contributed by atoms with E-state index in [2.05, 4.69) is 37.9 Å². The average molecular weight is 462 g/mol. The van der Waals surface area contributed by atoms with Gasteiger partial charge < -0.3 is 10.7 Å². The molecule has 1 aliphatic carbocycles. The molecule has 0 aliphatic heterocycles. The van der Waals surface area contributed by atoms with Crippen LogP contribution >= 0.6 is 15.9 Å². The first-order valence-corrected chi connectivity index (χ1v) is 10.9. The summed E-state index contributed by atoms with van der Waals surface area (Å²) < 4.78 is 16.6. The van der Waals surface area contributed by atoms with Gasteiger partial charge in [-0.05, 0) is 59.7 Å². The summed E-state index contributed by atoms with van der Waals surface area (Å²) in [6.07, 6.45) is 6.01. The van der Waals surface area contributed by atoms with Crippen LogP contribution in [0.1, 0.15) is 67.3 Å². The fraction of sp³-hybridized carbons (Fsp3) is 0.476. The van der Waals surface area contributed by atoms with Gasteiger partial charge in [0, 0.05) is 18.0 Å². The Bertz CT molecular complexity index is 1050. The molecule has 0 spiro atoms. The smallest absolute Gasteiger partial charge is 0.267 e. The second kappa shape index (κ2) is 7.89. The molecular weight excluding hydrogens is 437 g/mol. The molecule has 1 atom stereocenters. The van der Waals surface area contributed by atoms with Crippen LogP contribution in [0.3, 0.4) is 0 Å². The van der Waals surface area contributed by atoms with Gasteiger partial charge in [-0.3, -0.25) is 9.48 Å². The number of nitrogens with one attached hydrogen (secondary N) is 1. The lowest BCUT2D eigenvalue weighted by molar-refractivity contribution is 0.0988. The predicted octanol–water partition coefficient (Wildman–Crippen LogP) is 4.74. The molecule has 3 aromatic rings. The Balaban J connectivity index is 1.87. The monoisotopic (exact) mass is 461 g/mol. The molecule has 1 aliphatic rings.